The topological polar surface area (TPSA) is 440 Å². The zero-order valence-electron chi connectivity index (χ0n) is 73.7. The van der Waals surface area contributed by atoms with Gasteiger partial charge in [-0.1, -0.05) is 111 Å². The maximum absolute atomic E-state index is 15.2. The Kier molecular flexibility index (Phi) is 38.8. The number of thioether (sulfide) groups is 1. The number of carbonyl (C=O) groups is 16. The van der Waals surface area contributed by atoms with E-state index in [0.29, 0.717) is 66.2 Å². The molecule has 2 aromatic carbocycles. The second-order valence-electron chi connectivity index (χ2n) is 33.8. The summed E-state index contributed by atoms with van der Waals surface area (Å²) in [6.07, 6.45) is -1.19. The molecular weight excluding hydrogens is 1590 g/mol. The number of nitrogens with one attached hydrogen (secondary N) is 6. The molecule has 3 saturated heterocycles. The molecule has 3 aliphatic heterocycles. The zero-order chi connectivity index (χ0) is 90.0. The number of hydrogen-bond donors (Lipinski definition) is 7. The van der Waals surface area contributed by atoms with Crippen LogP contribution < -0.4 is 37.6 Å². The number of nitrogens with zero attached hydrogens (tertiary/aromatic N) is 7. The van der Waals surface area contributed by atoms with E-state index >= 15 is 4.79 Å². The average molecular weight is 1720 g/mol. The lowest BCUT2D eigenvalue weighted by Crippen LogP contribution is -2.59. The van der Waals surface area contributed by atoms with E-state index in [1.165, 1.54) is 59.7 Å². The summed E-state index contributed by atoms with van der Waals surface area (Å²) >= 11 is 1.30. The molecule has 12 atom stereocenters. The molecule has 35 nitrogen and oxygen atoms in total. The van der Waals surface area contributed by atoms with Crippen molar-refractivity contribution in [2.75, 3.05) is 99.8 Å². The number of urea groups is 1. The smallest absolute Gasteiger partial charge is 0.409 e. The van der Waals surface area contributed by atoms with Crippen molar-refractivity contribution >= 4 is 112 Å². The lowest BCUT2D eigenvalue weighted by Gasteiger charge is -2.41. The third-order valence-electron chi connectivity index (χ3n) is 22.9. The Morgan fingerprint density at radius 2 is 1.35 bits per heavy atom. The predicted molar refractivity (Wildman–Crippen MR) is 450 cm³/mol. The van der Waals surface area contributed by atoms with Gasteiger partial charge in [-0.3, -0.25) is 67.3 Å². The molecule has 0 spiro atoms. The Bertz CT molecular complexity index is 3970. The first-order valence-electron chi connectivity index (χ1n) is 41.9. The quantitative estimate of drug-likeness (QED) is 0.0234. The summed E-state index contributed by atoms with van der Waals surface area (Å²) in [6.45, 7) is 19.8. The van der Waals surface area contributed by atoms with Crippen molar-refractivity contribution in [3.05, 3.63) is 64.7 Å². The second-order valence-corrected chi connectivity index (χ2v) is 35.0. The summed E-state index contributed by atoms with van der Waals surface area (Å²) in [6, 6.07) is 5.75. The minimum absolute atomic E-state index is 0.00122. The molecule has 6 rings (SSSR count). The van der Waals surface area contributed by atoms with Crippen molar-refractivity contribution in [1.29, 1.82) is 0 Å². The van der Waals surface area contributed by atoms with Crippen molar-refractivity contribution in [2.24, 2.45) is 40.7 Å². The van der Waals surface area contributed by atoms with Gasteiger partial charge in [-0.05, 0) is 119 Å². The number of hydrogen-bond acceptors (Lipinski definition) is 23. The van der Waals surface area contributed by atoms with Crippen molar-refractivity contribution in [1.82, 2.24) is 61.0 Å². The summed E-state index contributed by atoms with van der Waals surface area (Å²) < 4.78 is 24.0. The summed E-state index contributed by atoms with van der Waals surface area (Å²) in [7, 11) is 11.1. The van der Waals surface area contributed by atoms with Gasteiger partial charge in [0.05, 0.1) is 67.4 Å². The van der Waals surface area contributed by atoms with Crippen molar-refractivity contribution in [3.63, 3.8) is 0 Å². The maximum atomic E-state index is 15.2. The monoisotopic (exact) mass is 1710 g/mol. The van der Waals surface area contributed by atoms with Crippen LogP contribution in [0.1, 0.15) is 186 Å². The van der Waals surface area contributed by atoms with Gasteiger partial charge < -0.3 is 81.0 Å². The molecule has 4 fully saturated rings. The molecule has 2 aromatic rings. The van der Waals surface area contributed by atoms with Gasteiger partial charge in [0, 0.05) is 111 Å². The lowest BCUT2D eigenvalue weighted by molar-refractivity contribution is -0.198. The number of Topliss-reactive ketones (excluding diaryl/α,β-unsaturated/α-hetero) is 1. The minimum Gasteiger partial charge on any atom is -0.445 e. The van der Waals surface area contributed by atoms with Gasteiger partial charge >= 0.3 is 24.2 Å². The molecule has 15 amide bonds. The van der Waals surface area contributed by atoms with Crippen molar-refractivity contribution in [2.45, 2.75) is 239 Å². The van der Waals surface area contributed by atoms with E-state index in [1.54, 1.807) is 77.1 Å². The van der Waals surface area contributed by atoms with Crippen LogP contribution >= 0.6 is 11.8 Å². The molecule has 0 radical (unpaired) electrons. The fourth-order valence-electron chi connectivity index (χ4n) is 15.4. The Balaban J connectivity index is 1.01. The Hall–Kier alpha value is -9.81. The minimum atomic E-state index is -1.16. The fourth-order valence-corrected chi connectivity index (χ4v) is 16.9. The number of unbranched alkanes of at least 4 members (excludes halogenated alkanes) is 2. The van der Waals surface area contributed by atoms with Crippen LogP contribution in [0.4, 0.5) is 20.1 Å². The van der Waals surface area contributed by atoms with E-state index in [1.807, 2.05) is 72.4 Å². The summed E-state index contributed by atoms with van der Waals surface area (Å²) in [4.78, 5) is 228. The van der Waals surface area contributed by atoms with Gasteiger partial charge in [0.25, 0.3) is 11.8 Å². The van der Waals surface area contributed by atoms with Crippen LogP contribution in [-0.2, 0) is 87.9 Å². The second kappa shape index (κ2) is 47.0. The van der Waals surface area contributed by atoms with Gasteiger partial charge in [0.1, 0.15) is 30.8 Å². The number of likely N-dealkylation sites (N-methyl/N-ethyl adjacent to an activating group) is 4. The highest BCUT2D eigenvalue weighted by molar-refractivity contribution is 8.00. The number of imide groups is 2. The standard InChI is InChI=1S/C85H130N14O21S/c1-19-53(9)74(96(16)81(112)72(50(4)5)92-79(110)73(51(6)7)93(12)13)63(116-17)42-68(104)98-46-58(41-61(98)75(117-18)55(11)76(107)88-45-62(100)59-31-26-52(8)40-54(59)10)119-84(115)95(15)39-38-94(14)83(114)118-47-56-27-29-57(30-28-56)89-77(108)60(24-23-36-87-82(86)113)90-78(109)71(49(2)3)91-65(101)25-21-20-22-37-97-69(105)43-64(80(97)111)121-48-85(34-35-85)44-70(106)120-99-66(102)32-33-67(99)103/h26-31,40,49-51,53,55,58,60-61,63-64,71-75H,19-25,32-39,41-48H2,1-18H3,(H,88,107)(H,89,108)(H,90,109)(H,91,101)(H,92,110)(H3,86,87,113)/t53-,55?,58-,60-,61?,63?,64?,71?,72-,73?,74?,75?/m0/s1. The number of likely N-dealkylation sites (tertiary alicyclic amines) is 2. The number of primary amides is 1. The molecule has 36 heteroatoms. The Labute approximate surface area is 714 Å². The number of hydroxylamine groups is 2. The highest BCUT2D eigenvalue weighted by atomic mass is 32.2. The number of rotatable bonds is 48. The number of benzene rings is 2. The summed E-state index contributed by atoms with van der Waals surface area (Å²) in [5.74, 6) is -7.74. The number of anilines is 1. The SMILES string of the molecule is CC[C@H](C)C(C(CC(=O)N1C[C@@H](OC(=O)N(C)CCN(C)C(=O)OCc2ccc(NC(=O)[C@H](CCCNC(N)=O)NC(=O)C(NC(=O)CCCCCN3C(=O)CC(SCC4(CC(=O)ON5C(=O)CCC5=O)CC4)C3=O)C(C)C)cc2)CC1C(OC)C(C)C(=O)NCC(=O)c1ccc(C)cc1C)OC)N(C)C(=O)[C@@H](NC(=O)C(C(C)C)N(C)C)C(C)C. The van der Waals surface area contributed by atoms with Gasteiger partial charge in [-0.25, -0.2) is 19.2 Å². The molecule has 1 aliphatic carbocycles. The van der Waals surface area contributed by atoms with Gasteiger partial charge in [-0.2, -0.15) is 0 Å². The van der Waals surface area contributed by atoms with E-state index < -0.39 is 143 Å². The van der Waals surface area contributed by atoms with E-state index in [-0.39, 0.29) is 151 Å². The Morgan fingerprint density at radius 1 is 0.702 bits per heavy atom. The van der Waals surface area contributed by atoms with E-state index in [2.05, 4.69) is 31.9 Å². The molecular formula is C85H130N14O21S. The van der Waals surface area contributed by atoms with E-state index in [0.717, 1.165) is 11.1 Å². The highest BCUT2D eigenvalue weighted by Gasteiger charge is 2.50. The van der Waals surface area contributed by atoms with Crippen molar-refractivity contribution < 1.29 is 100 Å². The first-order chi connectivity index (χ1) is 57.0. The molecule has 0 bridgehead atoms. The third-order valence-corrected chi connectivity index (χ3v) is 24.5. The number of carbonyl (C=O) groups excluding carboxylic acids is 16. The van der Waals surface area contributed by atoms with Crippen LogP contribution in [0.25, 0.3) is 0 Å². The Morgan fingerprint density at radius 3 is 1.93 bits per heavy atom. The van der Waals surface area contributed by atoms with E-state index in [4.69, 9.17) is 29.5 Å². The van der Waals surface area contributed by atoms with Gasteiger partial charge in [0.2, 0.25) is 53.2 Å². The van der Waals surface area contributed by atoms with Crippen LogP contribution in [0.15, 0.2) is 42.5 Å². The van der Waals surface area contributed by atoms with Crippen LogP contribution in [0.2, 0.25) is 0 Å². The highest BCUT2D eigenvalue weighted by Crippen LogP contribution is 2.52. The largest absolute Gasteiger partial charge is 0.445 e. The zero-order valence-corrected chi connectivity index (χ0v) is 74.5. The van der Waals surface area contributed by atoms with Crippen LogP contribution in [0, 0.1) is 48.9 Å². The number of ether oxygens (including phenoxy) is 4. The molecule has 3 heterocycles. The van der Waals surface area contributed by atoms with Crippen molar-refractivity contribution in [3.8, 4) is 0 Å². The van der Waals surface area contributed by atoms with Gasteiger partial charge in [-0.15, -0.1) is 16.8 Å². The van der Waals surface area contributed by atoms with E-state index in [9.17, 15) is 71.9 Å². The molecule has 1 saturated carbocycles. The van der Waals surface area contributed by atoms with Gasteiger partial charge in [0.15, 0.2) is 5.78 Å². The van der Waals surface area contributed by atoms with Crippen LogP contribution in [0.5, 0.6) is 0 Å². The third kappa shape index (κ3) is 29.2. The average Bonchev–Trinajstić information content (AvgIpc) is 1.70. The van der Waals surface area contributed by atoms with Crippen LogP contribution in [0.3, 0.4) is 0 Å². The van der Waals surface area contributed by atoms with Crippen LogP contribution in [-0.4, -0.2) is 284 Å². The number of ketones is 1. The normalized spacial score (nSPS) is 18.5. The number of nitrogens with two attached hydrogens (primary N) is 1. The predicted octanol–water partition coefficient (Wildman–Crippen LogP) is 5.78. The summed E-state index contributed by atoms with van der Waals surface area (Å²) in [5, 5.41) is 16.4. The first kappa shape index (κ1) is 100. The number of aryl methyl sites for hydroxylation is 2. The maximum Gasteiger partial charge on any atom is 0.409 e. The number of amides is 15. The molecule has 121 heavy (non-hydrogen) atoms. The molecule has 8 N–H and O–H groups in total. The lowest BCUT2D eigenvalue weighted by atomic mass is 9.89. The first-order valence-corrected chi connectivity index (χ1v) is 42.9. The molecule has 8 unspecified atom stereocenters. The molecule has 4 aliphatic rings. The molecule has 672 valence electrons. The number of methoxy groups -OCH3 is 2. The fraction of sp³-hybridized carbons (Fsp3) is 0.671. The molecule has 0 aromatic heterocycles. The summed E-state index contributed by atoms with van der Waals surface area (Å²) in [5.41, 5.74) is 7.85.